The monoisotopic (exact) mass is 432 g/mol. The zero-order valence-electron chi connectivity index (χ0n) is 16.8. The highest BCUT2D eigenvalue weighted by atomic mass is 32.1. The van der Waals surface area contributed by atoms with E-state index >= 15 is 0 Å². The quantitative estimate of drug-likeness (QED) is 0.539. The second-order valence-corrected chi connectivity index (χ2v) is 9.87. The summed E-state index contributed by atoms with van der Waals surface area (Å²) in [6.07, 6.45) is 1.29. The average Bonchev–Trinajstić information content (AvgIpc) is 3.20. The Hall–Kier alpha value is -2.46. The highest BCUT2D eigenvalue weighted by Crippen LogP contribution is 2.32. The van der Waals surface area contributed by atoms with Gasteiger partial charge in [-0.15, -0.1) is 11.3 Å². The smallest absolute Gasteiger partial charge is 0.407 e. The average molecular weight is 433 g/mol. The minimum absolute atomic E-state index is 0.112. The normalized spacial score (nSPS) is 18.9. The van der Waals surface area contributed by atoms with Crippen molar-refractivity contribution in [2.75, 3.05) is 10.6 Å². The SMILES string of the molecule is Cc1cc(Nc2nc(NC3CC(NC(=O)OC(C)(C)C)C3)c3sccc3n2)sn1. The van der Waals surface area contributed by atoms with Crippen molar-refractivity contribution in [3.8, 4) is 0 Å². The number of nitrogens with one attached hydrogen (secondary N) is 3. The lowest BCUT2D eigenvalue weighted by Gasteiger charge is -2.36. The standard InChI is InChI=1S/C19H24N6O2S2/c1-10-7-14(29-25-10)23-17-22-13-5-6-28-15(13)16(24-17)20-11-8-12(9-11)21-18(26)27-19(2,3)4/h5-7,11-12H,8-9H2,1-4H3,(H,21,26)(H2,20,22,23,24). The van der Waals surface area contributed by atoms with Gasteiger partial charge in [-0.05, 0) is 69.6 Å². The third kappa shape index (κ3) is 4.94. The van der Waals surface area contributed by atoms with Crippen LogP contribution in [0.1, 0.15) is 39.3 Å². The Kier molecular flexibility index (Phi) is 5.30. The van der Waals surface area contributed by atoms with E-state index in [2.05, 4.69) is 30.3 Å². The van der Waals surface area contributed by atoms with Gasteiger partial charge >= 0.3 is 6.09 Å². The Balaban J connectivity index is 1.39. The summed E-state index contributed by atoms with van der Waals surface area (Å²) >= 11 is 3.00. The van der Waals surface area contributed by atoms with Gasteiger partial charge in [0.2, 0.25) is 5.95 Å². The van der Waals surface area contributed by atoms with Gasteiger partial charge in [0.15, 0.2) is 0 Å². The van der Waals surface area contributed by atoms with Crippen molar-refractivity contribution in [1.82, 2.24) is 19.7 Å². The van der Waals surface area contributed by atoms with Gasteiger partial charge in [0.25, 0.3) is 0 Å². The summed E-state index contributed by atoms with van der Waals surface area (Å²) in [6, 6.07) is 4.32. The van der Waals surface area contributed by atoms with Crippen LogP contribution in [0.5, 0.6) is 0 Å². The Morgan fingerprint density at radius 1 is 1.24 bits per heavy atom. The fraction of sp³-hybridized carbons (Fsp3) is 0.474. The highest BCUT2D eigenvalue weighted by Gasteiger charge is 2.32. The molecule has 0 radical (unpaired) electrons. The molecule has 1 amide bonds. The van der Waals surface area contributed by atoms with Crippen LogP contribution in [0.3, 0.4) is 0 Å². The predicted molar refractivity (Wildman–Crippen MR) is 117 cm³/mol. The van der Waals surface area contributed by atoms with E-state index in [9.17, 15) is 4.79 Å². The van der Waals surface area contributed by atoms with Gasteiger partial charge in [-0.1, -0.05) is 0 Å². The zero-order valence-corrected chi connectivity index (χ0v) is 18.4. The number of aromatic nitrogens is 3. The minimum Gasteiger partial charge on any atom is -0.444 e. The molecule has 8 nitrogen and oxygen atoms in total. The van der Waals surface area contributed by atoms with E-state index in [1.807, 2.05) is 45.2 Å². The molecule has 3 aromatic rings. The van der Waals surface area contributed by atoms with E-state index in [4.69, 9.17) is 4.74 Å². The van der Waals surface area contributed by atoms with Gasteiger partial charge < -0.3 is 20.7 Å². The molecular formula is C19H24N6O2S2. The number of alkyl carbamates (subject to hydrolysis) is 1. The van der Waals surface area contributed by atoms with Crippen molar-refractivity contribution in [2.45, 2.75) is 58.2 Å². The number of nitrogens with zero attached hydrogens (tertiary/aromatic N) is 3. The molecule has 4 rings (SSSR count). The maximum absolute atomic E-state index is 11.9. The second kappa shape index (κ2) is 7.75. The lowest BCUT2D eigenvalue weighted by molar-refractivity contribution is 0.0475. The van der Waals surface area contributed by atoms with Crippen molar-refractivity contribution in [3.05, 3.63) is 23.2 Å². The topological polar surface area (TPSA) is 101 Å². The number of hydrogen-bond acceptors (Lipinski definition) is 9. The second-order valence-electron chi connectivity index (χ2n) is 8.14. The van der Waals surface area contributed by atoms with Crippen LogP contribution in [-0.2, 0) is 4.74 Å². The Labute approximate surface area is 177 Å². The first kappa shape index (κ1) is 19.8. The van der Waals surface area contributed by atoms with Crippen LogP contribution in [0, 0.1) is 6.92 Å². The first-order valence-corrected chi connectivity index (χ1v) is 11.1. The van der Waals surface area contributed by atoms with E-state index in [1.165, 1.54) is 11.5 Å². The fourth-order valence-corrected chi connectivity index (χ4v) is 4.51. The molecule has 0 atom stereocenters. The number of fused-ring (bicyclic) bond motifs is 1. The number of thiophene rings is 1. The van der Waals surface area contributed by atoms with Crippen LogP contribution in [0.15, 0.2) is 17.5 Å². The molecule has 3 N–H and O–H groups in total. The van der Waals surface area contributed by atoms with Crippen LogP contribution in [-0.4, -0.2) is 38.1 Å². The molecule has 1 fully saturated rings. The Morgan fingerprint density at radius 3 is 2.72 bits per heavy atom. The summed E-state index contributed by atoms with van der Waals surface area (Å²) in [4.78, 5) is 21.2. The molecule has 3 heterocycles. The van der Waals surface area contributed by atoms with Crippen molar-refractivity contribution in [2.24, 2.45) is 0 Å². The fourth-order valence-electron chi connectivity index (χ4n) is 3.07. The maximum Gasteiger partial charge on any atom is 0.407 e. The summed E-state index contributed by atoms with van der Waals surface area (Å²) in [5, 5.41) is 12.6. The number of ether oxygens (including phenoxy) is 1. The summed E-state index contributed by atoms with van der Waals surface area (Å²) < 4.78 is 10.6. The molecule has 29 heavy (non-hydrogen) atoms. The van der Waals surface area contributed by atoms with E-state index < -0.39 is 5.60 Å². The van der Waals surface area contributed by atoms with Crippen molar-refractivity contribution in [1.29, 1.82) is 0 Å². The molecule has 0 bridgehead atoms. The maximum atomic E-state index is 11.9. The van der Waals surface area contributed by atoms with Gasteiger partial charge in [0.05, 0.1) is 15.9 Å². The highest BCUT2D eigenvalue weighted by molar-refractivity contribution is 7.17. The lowest BCUT2D eigenvalue weighted by Crippen LogP contribution is -2.50. The third-order valence-corrected chi connectivity index (χ3v) is 6.07. The first-order chi connectivity index (χ1) is 13.7. The molecule has 0 saturated heterocycles. The van der Waals surface area contributed by atoms with Gasteiger partial charge in [-0.25, -0.2) is 9.78 Å². The summed E-state index contributed by atoms with van der Waals surface area (Å²) in [5.74, 6) is 1.36. The van der Waals surface area contributed by atoms with Crippen molar-refractivity contribution >= 4 is 55.9 Å². The summed E-state index contributed by atoms with van der Waals surface area (Å²) in [5.41, 5.74) is 1.38. The number of amides is 1. The molecule has 154 valence electrons. The van der Waals surface area contributed by atoms with Crippen molar-refractivity contribution < 1.29 is 9.53 Å². The number of carbonyl (C=O) groups excluding carboxylic acids is 1. The van der Waals surface area contributed by atoms with Crippen LogP contribution in [0.4, 0.5) is 21.6 Å². The number of carbonyl (C=O) groups is 1. The Morgan fingerprint density at radius 2 is 2.03 bits per heavy atom. The van der Waals surface area contributed by atoms with Gasteiger partial charge in [-0.2, -0.15) is 9.36 Å². The zero-order chi connectivity index (χ0) is 20.6. The van der Waals surface area contributed by atoms with E-state index in [0.29, 0.717) is 5.95 Å². The van der Waals surface area contributed by atoms with Gasteiger partial charge in [0, 0.05) is 12.1 Å². The first-order valence-electron chi connectivity index (χ1n) is 9.47. The molecule has 0 spiro atoms. The molecule has 3 aromatic heterocycles. The van der Waals surface area contributed by atoms with E-state index in [-0.39, 0.29) is 18.2 Å². The van der Waals surface area contributed by atoms with E-state index in [1.54, 1.807) is 11.3 Å². The summed E-state index contributed by atoms with van der Waals surface area (Å²) in [6.45, 7) is 7.53. The third-order valence-electron chi connectivity index (χ3n) is 4.37. The largest absolute Gasteiger partial charge is 0.444 e. The summed E-state index contributed by atoms with van der Waals surface area (Å²) in [7, 11) is 0. The number of hydrogen-bond donors (Lipinski definition) is 3. The van der Waals surface area contributed by atoms with Crippen LogP contribution in [0.25, 0.3) is 10.2 Å². The molecule has 0 aromatic carbocycles. The molecule has 1 aliphatic carbocycles. The lowest BCUT2D eigenvalue weighted by atomic mass is 9.87. The van der Waals surface area contributed by atoms with Crippen LogP contribution < -0.4 is 16.0 Å². The van der Waals surface area contributed by atoms with Crippen LogP contribution in [0.2, 0.25) is 0 Å². The molecule has 10 heteroatoms. The van der Waals surface area contributed by atoms with Gasteiger partial charge in [-0.3, -0.25) is 0 Å². The molecular weight excluding hydrogens is 408 g/mol. The minimum atomic E-state index is -0.489. The van der Waals surface area contributed by atoms with Crippen LogP contribution >= 0.6 is 22.9 Å². The molecule has 1 saturated carbocycles. The van der Waals surface area contributed by atoms with E-state index in [0.717, 1.165) is 39.6 Å². The van der Waals surface area contributed by atoms with Crippen molar-refractivity contribution in [3.63, 3.8) is 0 Å². The number of anilines is 3. The Bertz CT molecular complexity index is 1020. The predicted octanol–water partition coefficient (Wildman–Crippen LogP) is 4.67. The number of rotatable bonds is 5. The molecule has 1 aliphatic rings. The number of aryl methyl sites for hydroxylation is 1. The molecule has 0 aliphatic heterocycles. The molecule has 0 unspecified atom stereocenters. The van der Waals surface area contributed by atoms with Gasteiger partial charge in [0.1, 0.15) is 16.4 Å².